The van der Waals surface area contributed by atoms with Crippen LogP contribution in [0.5, 0.6) is 0 Å². The van der Waals surface area contributed by atoms with Crippen molar-refractivity contribution in [2.75, 3.05) is 18.0 Å². The molecule has 1 amide bonds. The van der Waals surface area contributed by atoms with Crippen LogP contribution in [0.25, 0.3) is 0 Å². The van der Waals surface area contributed by atoms with Gasteiger partial charge in [0.2, 0.25) is 0 Å². The van der Waals surface area contributed by atoms with E-state index in [4.69, 9.17) is 5.73 Å². The number of nitrogens with zero attached hydrogens (tertiary/aromatic N) is 1. The van der Waals surface area contributed by atoms with Crippen molar-refractivity contribution in [1.82, 2.24) is 4.90 Å². The molecule has 0 spiro atoms. The Morgan fingerprint density at radius 3 is 2.58 bits per heavy atom. The standard InChI is InChI=1S/C13H18N2O3S/c1-9-10(2)19(17,18)8-7-15(9)13(16)11-5-3-4-6-12(11)14/h3-6,9-10H,7-8,14H2,1-2H3. The van der Waals surface area contributed by atoms with Gasteiger partial charge in [0.1, 0.15) is 0 Å². The van der Waals surface area contributed by atoms with Crippen molar-refractivity contribution >= 4 is 21.4 Å². The number of carbonyl (C=O) groups excluding carboxylic acids is 1. The van der Waals surface area contributed by atoms with Crippen LogP contribution < -0.4 is 5.73 Å². The van der Waals surface area contributed by atoms with Crippen LogP contribution in [0.15, 0.2) is 24.3 Å². The third-order valence-electron chi connectivity index (χ3n) is 3.81. The van der Waals surface area contributed by atoms with Gasteiger partial charge >= 0.3 is 0 Å². The maximum absolute atomic E-state index is 12.4. The average Bonchev–Trinajstić information content (AvgIpc) is 2.36. The van der Waals surface area contributed by atoms with Gasteiger partial charge in [0.15, 0.2) is 9.84 Å². The van der Waals surface area contributed by atoms with Crippen LogP contribution in [0.4, 0.5) is 5.69 Å². The zero-order valence-corrected chi connectivity index (χ0v) is 11.9. The summed E-state index contributed by atoms with van der Waals surface area (Å²) >= 11 is 0. The average molecular weight is 282 g/mol. The summed E-state index contributed by atoms with van der Waals surface area (Å²) < 4.78 is 23.6. The van der Waals surface area contributed by atoms with E-state index in [-0.39, 0.29) is 24.2 Å². The molecule has 1 heterocycles. The number of anilines is 1. The molecule has 2 unspecified atom stereocenters. The number of benzene rings is 1. The van der Waals surface area contributed by atoms with Gasteiger partial charge in [-0.1, -0.05) is 12.1 Å². The summed E-state index contributed by atoms with van der Waals surface area (Å²) in [5, 5.41) is -0.546. The van der Waals surface area contributed by atoms with Gasteiger partial charge < -0.3 is 10.6 Å². The van der Waals surface area contributed by atoms with Crippen molar-refractivity contribution < 1.29 is 13.2 Å². The highest BCUT2D eigenvalue weighted by atomic mass is 32.2. The van der Waals surface area contributed by atoms with E-state index in [1.54, 1.807) is 43.0 Å². The number of hydrogen-bond donors (Lipinski definition) is 1. The zero-order valence-electron chi connectivity index (χ0n) is 11.0. The van der Waals surface area contributed by atoms with Gasteiger partial charge in [0.25, 0.3) is 5.91 Å². The SMILES string of the molecule is CC1C(C)S(=O)(=O)CCN1C(=O)c1ccccc1N. The molecule has 1 aliphatic rings. The predicted octanol–water partition coefficient (Wildman–Crippen LogP) is 0.916. The minimum Gasteiger partial charge on any atom is -0.398 e. The predicted molar refractivity (Wildman–Crippen MR) is 74.6 cm³/mol. The van der Waals surface area contributed by atoms with E-state index in [0.29, 0.717) is 11.3 Å². The second-order valence-corrected chi connectivity index (χ2v) is 7.38. The fourth-order valence-corrected chi connectivity index (χ4v) is 3.87. The van der Waals surface area contributed by atoms with Crippen molar-refractivity contribution in [1.29, 1.82) is 0 Å². The molecule has 1 saturated heterocycles. The van der Waals surface area contributed by atoms with E-state index in [0.717, 1.165) is 0 Å². The Bertz CT molecular complexity index is 598. The monoisotopic (exact) mass is 282 g/mol. The summed E-state index contributed by atoms with van der Waals surface area (Å²) in [6, 6.07) is 6.50. The number of nitrogens with two attached hydrogens (primary N) is 1. The molecule has 0 aliphatic carbocycles. The maximum Gasteiger partial charge on any atom is 0.256 e. The molecule has 6 heteroatoms. The molecule has 0 saturated carbocycles. The van der Waals surface area contributed by atoms with Crippen molar-refractivity contribution in [3.8, 4) is 0 Å². The number of amides is 1. The van der Waals surface area contributed by atoms with E-state index in [2.05, 4.69) is 0 Å². The summed E-state index contributed by atoms with van der Waals surface area (Å²) in [5.74, 6) is -0.191. The van der Waals surface area contributed by atoms with Crippen LogP contribution in [-0.4, -0.2) is 42.8 Å². The molecule has 1 aromatic rings. The van der Waals surface area contributed by atoms with Gasteiger partial charge in [0, 0.05) is 18.3 Å². The Kier molecular flexibility index (Phi) is 3.54. The highest BCUT2D eigenvalue weighted by Gasteiger charge is 2.38. The highest BCUT2D eigenvalue weighted by Crippen LogP contribution is 2.23. The Morgan fingerprint density at radius 1 is 1.32 bits per heavy atom. The lowest BCUT2D eigenvalue weighted by atomic mass is 10.1. The maximum atomic E-state index is 12.4. The molecule has 5 nitrogen and oxygen atoms in total. The fraction of sp³-hybridized carbons (Fsp3) is 0.462. The lowest BCUT2D eigenvalue weighted by Crippen LogP contribution is -2.54. The van der Waals surface area contributed by atoms with Gasteiger partial charge in [-0.15, -0.1) is 0 Å². The first-order valence-corrected chi connectivity index (χ1v) is 7.93. The molecular formula is C13H18N2O3S. The second-order valence-electron chi connectivity index (χ2n) is 4.90. The fourth-order valence-electron chi connectivity index (χ4n) is 2.30. The summed E-state index contributed by atoms with van der Waals surface area (Å²) in [6.07, 6.45) is 0. The molecule has 0 radical (unpaired) electrons. The first-order chi connectivity index (χ1) is 8.84. The topological polar surface area (TPSA) is 80.5 Å². The molecular weight excluding hydrogens is 264 g/mol. The van der Waals surface area contributed by atoms with Crippen molar-refractivity contribution in [2.45, 2.75) is 25.1 Å². The quantitative estimate of drug-likeness (QED) is 0.777. The number of hydrogen-bond acceptors (Lipinski definition) is 4. The number of para-hydroxylation sites is 1. The van der Waals surface area contributed by atoms with Crippen LogP contribution in [0, 0.1) is 0 Å². The first kappa shape index (κ1) is 13.9. The van der Waals surface area contributed by atoms with Gasteiger partial charge in [0.05, 0.1) is 16.6 Å². The van der Waals surface area contributed by atoms with E-state index in [9.17, 15) is 13.2 Å². The molecule has 1 aliphatic heterocycles. The van der Waals surface area contributed by atoms with Gasteiger partial charge in [-0.2, -0.15) is 0 Å². The summed E-state index contributed by atoms with van der Waals surface area (Å²) in [6.45, 7) is 3.63. The van der Waals surface area contributed by atoms with E-state index in [1.807, 2.05) is 0 Å². The Morgan fingerprint density at radius 2 is 1.95 bits per heavy atom. The van der Waals surface area contributed by atoms with Crippen LogP contribution in [-0.2, 0) is 9.84 Å². The smallest absolute Gasteiger partial charge is 0.256 e. The third-order valence-corrected chi connectivity index (χ3v) is 6.08. The van der Waals surface area contributed by atoms with Crippen LogP contribution >= 0.6 is 0 Å². The van der Waals surface area contributed by atoms with Crippen molar-refractivity contribution in [3.63, 3.8) is 0 Å². The second kappa shape index (κ2) is 4.85. The summed E-state index contributed by atoms with van der Waals surface area (Å²) in [5.41, 5.74) is 6.64. The number of carbonyl (C=O) groups is 1. The van der Waals surface area contributed by atoms with Crippen molar-refractivity contribution in [2.24, 2.45) is 0 Å². The Balaban J connectivity index is 2.29. The molecule has 2 atom stereocenters. The number of sulfone groups is 1. The summed E-state index contributed by atoms with van der Waals surface area (Å²) in [4.78, 5) is 14.0. The molecule has 0 aromatic heterocycles. The molecule has 2 N–H and O–H groups in total. The molecule has 19 heavy (non-hydrogen) atoms. The molecule has 1 aromatic carbocycles. The molecule has 2 rings (SSSR count). The van der Waals surface area contributed by atoms with Crippen LogP contribution in [0.1, 0.15) is 24.2 Å². The van der Waals surface area contributed by atoms with Gasteiger partial charge in [-0.3, -0.25) is 4.79 Å². The third kappa shape index (κ3) is 2.45. The number of rotatable bonds is 1. The van der Waals surface area contributed by atoms with Crippen molar-refractivity contribution in [3.05, 3.63) is 29.8 Å². The lowest BCUT2D eigenvalue weighted by Gasteiger charge is -2.37. The lowest BCUT2D eigenvalue weighted by molar-refractivity contribution is 0.0694. The molecule has 0 bridgehead atoms. The van der Waals surface area contributed by atoms with E-state index < -0.39 is 15.1 Å². The minimum atomic E-state index is -3.09. The van der Waals surface area contributed by atoms with Gasteiger partial charge in [-0.25, -0.2) is 8.42 Å². The Hall–Kier alpha value is -1.56. The van der Waals surface area contributed by atoms with Crippen LogP contribution in [0.3, 0.4) is 0 Å². The van der Waals surface area contributed by atoms with E-state index >= 15 is 0 Å². The normalized spacial score (nSPS) is 26.1. The largest absolute Gasteiger partial charge is 0.398 e. The molecule has 1 fully saturated rings. The molecule has 104 valence electrons. The number of nitrogen functional groups attached to an aromatic ring is 1. The summed E-state index contributed by atoms with van der Waals surface area (Å²) in [7, 11) is -3.09. The Labute approximate surface area is 113 Å². The van der Waals surface area contributed by atoms with Crippen LogP contribution in [0.2, 0.25) is 0 Å². The highest BCUT2D eigenvalue weighted by molar-refractivity contribution is 7.92. The first-order valence-electron chi connectivity index (χ1n) is 6.21. The minimum absolute atomic E-state index is 0.0109. The van der Waals surface area contributed by atoms with E-state index in [1.165, 1.54) is 0 Å². The zero-order chi connectivity index (χ0) is 14.2. The van der Waals surface area contributed by atoms with Gasteiger partial charge in [-0.05, 0) is 26.0 Å².